The fourth-order valence-electron chi connectivity index (χ4n) is 2.57. The van der Waals surface area contributed by atoms with Gasteiger partial charge in [-0.05, 0) is 32.8 Å². The molecule has 0 amide bonds. The number of esters is 2. The minimum absolute atomic E-state index is 0.0623. The minimum atomic E-state index is -0.947. The summed E-state index contributed by atoms with van der Waals surface area (Å²) in [7, 11) is 0. The summed E-state index contributed by atoms with van der Waals surface area (Å²) in [5.41, 5.74) is -2.12. The maximum atomic E-state index is 12.8. The van der Waals surface area contributed by atoms with Crippen molar-refractivity contribution < 1.29 is 23.9 Å². The van der Waals surface area contributed by atoms with Crippen LogP contribution in [0, 0.1) is 0 Å². The van der Waals surface area contributed by atoms with Gasteiger partial charge >= 0.3 is 29.0 Å². The van der Waals surface area contributed by atoms with Crippen LogP contribution in [0.25, 0.3) is 0 Å². The van der Waals surface area contributed by atoms with E-state index in [0.717, 1.165) is 13.7 Å². The number of Topliss-reactive ketones (excluding diaryl/α,β-unsaturated/α-hetero) is 1. The smallest absolute Gasteiger partial charge is 0.336 e. The molecule has 0 unspecified atom stereocenters. The highest BCUT2D eigenvalue weighted by Gasteiger charge is 2.17. The van der Waals surface area contributed by atoms with Crippen molar-refractivity contribution in [3.63, 3.8) is 0 Å². The highest BCUT2D eigenvalue weighted by atomic mass is 16.5. The van der Waals surface area contributed by atoms with Gasteiger partial charge in [0.1, 0.15) is 13.2 Å². The Balaban J connectivity index is 3.25. The van der Waals surface area contributed by atoms with E-state index in [1.807, 2.05) is 0 Å². The summed E-state index contributed by atoms with van der Waals surface area (Å²) in [6.45, 7) is 13.5. The van der Waals surface area contributed by atoms with E-state index in [-0.39, 0.29) is 62.6 Å². The molecule has 1 aromatic rings. The maximum absolute atomic E-state index is 12.8. The monoisotopic (exact) mass is 463 g/mol. The second-order valence-electron chi connectivity index (χ2n) is 7.44. The van der Waals surface area contributed by atoms with Crippen LogP contribution < -0.4 is 17.1 Å². The van der Waals surface area contributed by atoms with Crippen LogP contribution in [0.2, 0.25) is 0 Å². The predicted octanol–water partition coefficient (Wildman–Crippen LogP) is 0.336. The lowest BCUT2D eigenvalue weighted by molar-refractivity contribution is -0.140. The molecule has 1 rings (SSSR count). The summed E-state index contributed by atoms with van der Waals surface area (Å²) < 4.78 is 12.2. The lowest BCUT2D eigenvalue weighted by atomic mass is 10.1. The maximum Gasteiger partial charge on any atom is 0.336 e. The summed E-state index contributed by atoms with van der Waals surface area (Å²) in [6.07, 6.45) is 0.223. The molecule has 0 spiro atoms. The zero-order valence-electron chi connectivity index (χ0n) is 19.2. The van der Waals surface area contributed by atoms with Crippen LogP contribution in [-0.2, 0) is 43.5 Å². The minimum Gasteiger partial charge on any atom is -0.460 e. The summed E-state index contributed by atoms with van der Waals surface area (Å²) in [5.74, 6) is -1.60. The number of ether oxygens (including phenoxy) is 2. The zero-order chi connectivity index (χ0) is 25.3. The molecule has 0 N–H and O–H groups in total. The largest absolute Gasteiger partial charge is 0.460 e. The van der Waals surface area contributed by atoms with Gasteiger partial charge in [0.25, 0.3) is 0 Å². The van der Waals surface area contributed by atoms with Crippen LogP contribution in [-0.4, -0.2) is 44.6 Å². The first-order valence-corrected chi connectivity index (χ1v) is 10.2. The number of carbonyl (C=O) groups is 3. The molecule has 180 valence electrons. The number of aromatic nitrogens is 3. The summed E-state index contributed by atoms with van der Waals surface area (Å²) >= 11 is 0. The molecule has 0 saturated heterocycles. The van der Waals surface area contributed by atoms with Crippen LogP contribution in [0.1, 0.15) is 33.6 Å². The normalized spacial score (nSPS) is 10.4. The van der Waals surface area contributed by atoms with Crippen molar-refractivity contribution in [1.82, 2.24) is 13.7 Å². The molecule has 0 aliphatic heterocycles. The zero-order valence-corrected chi connectivity index (χ0v) is 19.2. The van der Waals surface area contributed by atoms with E-state index in [2.05, 4.69) is 19.7 Å². The first-order valence-electron chi connectivity index (χ1n) is 10.2. The van der Waals surface area contributed by atoms with Gasteiger partial charge in [0.15, 0.2) is 5.78 Å². The van der Waals surface area contributed by atoms with Gasteiger partial charge in [-0.25, -0.2) is 37.7 Å². The third-order valence-electron chi connectivity index (χ3n) is 4.44. The Morgan fingerprint density at radius 3 is 1.36 bits per heavy atom. The first kappa shape index (κ1) is 27.3. The third kappa shape index (κ3) is 7.70. The van der Waals surface area contributed by atoms with E-state index in [1.54, 1.807) is 6.92 Å². The van der Waals surface area contributed by atoms with E-state index < -0.39 is 29.0 Å². The highest BCUT2D eigenvalue weighted by molar-refractivity contribution is 5.94. The molecule has 0 bridgehead atoms. The molecular weight excluding hydrogens is 434 g/mol. The van der Waals surface area contributed by atoms with Gasteiger partial charge in [-0.3, -0.25) is 4.79 Å². The van der Waals surface area contributed by atoms with Crippen LogP contribution in [0.5, 0.6) is 0 Å². The van der Waals surface area contributed by atoms with Crippen molar-refractivity contribution in [3.8, 4) is 0 Å². The number of allylic oxidation sites excluding steroid dienone is 1. The van der Waals surface area contributed by atoms with Gasteiger partial charge < -0.3 is 9.47 Å². The Morgan fingerprint density at radius 2 is 1.03 bits per heavy atom. The average molecular weight is 463 g/mol. The van der Waals surface area contributed by atoms with E-state index in [0.29, 0.717) is 5.57 Å². The number of nitrogens with zero attached hydrogens (tertiary/aromatic N) is 3. The summed E-state index contributed by atoms with van der Waals surface area (Å²) in [5, 5.41) is 0. The van der Waals surface area contributed by atoms with E-state index >= 15 is 0 Å². The number of rotatable bonds is 13. The van der Waals surface area contributed by atoms with Crippen LogP contribution >= 0.6 is 0 Å². The molecular formula is C22H29N3O8. The van der Waals surface area contributed by atoms with Crippen molar-refractivity contribution in [2.45, 2.75) is 53.2 Å². The second-order valence-corrected chi connectivity index (χ2v) is 7.44. The van der Waals surface area contributed by atoms with Crippen LogP contribution in [0.15, 0.2) is 50.8 Å². The molecule has 33 heavy (non-hydrogen) atoms. The fourth-order valence-corrected chi connectivity index (χ4v) is 2.57. The van der Waals surface area contributed by atoms with Gasteiger partial charge in [0.2, 0.25) is 0 Å². The van der Waals surface area contributed by atoms with Gasteiger partial charge in [-0.15, -0.1) is 0 Å². The molecule has 0 aromatic carbocycles. The van der Waals surface area contributed by atoms with E-state index in [4.69, 9.17) is 9.47 Å². The Labute approximate surface area is 190 Å². The summed E-state index contributed by atoms with van der Waals surface area (Å²) in [6, 6.07) is 0. The van der Waals surface area contributed by atoms with Crippen molar-refractivity contribution >= 4 is 17.7 Å². The molecule has 11 heteroatoms. The second kappa shape index (κ2) is 12.3. The summed E-state index contributed by atoms with van der Waals surface area (Å²) in [4.78, 5) is 73.3. The molecule has 0 fully saturated rings. The topological polar surface area (TPSA) is 136 Å². The highest BCUT2D eigenvalue weighted by Crippen LogP contribution is 2.00. The Kier molecular flexibility index (Phi) is 10.2. The SMILES string of the molecule is C=C(C)C(=O)CCCn1c(=O)n(CCOC(=O)C(=C)C)c(=O)n(CCOC(=O)C(=C)C)c1=O. The molecule has 1 aromatic heterocycles. The quantitative estimate of drug-likeness (QED) is 0.302. The van der Waals surface area contributed by atoms with Crippen molar-refractivity contribution in [3.05, 3.63) is 67.9 Å². The lowest BCUT2D eigenvalue weighted by Crippen LogP contribution is -2.55. The van der Waals surface area contributed by atoms with Gasteiger partial charge in [-0.1, -0.05) is 19.7 Å². The number of hydrogen-bond acceptors (Lipinski definition) is 8. The van der Waals surface area contributed by atoms with Crippen LogP contribution in [0.3, 0.4) is 0 Å². The van der Waals surface area contributed by atoms with Crippen molar-refractivity contribution in [2.75, 3.05) is 13.2 Å². The lowest BCUT2D eigenvalue weighted by Gasteiger charge is -2.14. The van der Waals surface area contributed by atoms with Gasteiger partial charge in [0, 0.05) is 24.1 Å². The molecule has 0 aliphatic carbocycles. The average Bonchev–Trinajstić information content (AvgIpc) is 2.74. The Bertz CT molecular complexity index is 977. The van der Waals surface area contributed by atoms with Crippen molar-refractivity contribution in [1.29, 1.82) is 0 Å². The molecule has 1 heterocycles. The standard InChI is InChI=1S/C22H29N3O8/c1-14(2)17(26)8-7-9-23-20(29)24(10-12-32-18(27)15(3)4)22(31)25(21(23)30)11-13-33-19(28)16(5)6/h1,3,5,7-13H2,2,4,6H3. The Hall–Kier alpha value is -3.76. The van der Waals surface area contributed by atoms with Crippen LogP contribution in [0.4, 0.5) is 0 Å². The van der Waals surface area contributed by atoms with Gasteiger partial charge in [0.05, 0.1) is 13.1 Å². The molecule has 0 aliphatic rings. The third-order valence-corrected chi connectivity index (χ3v) is 4.44. The number of ketones is 1. The molecule has 11 nitrogen and oxygen atoms in total. The fraction of sp³-hybridized carbons (Fsp3) is 0.455. The molecule has 0 atom stereocenters. The van der Waals surface area contributed by atoms with E-state index in [1.165, 1.54) is 13.8 Å². The van der Waals surface area contributed by atoms with Gasteiger partial charge in [-0.2, -0.15) is 0 Å². The number of carbonyl (C=O) groups excluding carboxylic acids is 3. The number of hydrogen-bond donors (Lipinski definition) is 0. The Morgan fingerprint density at radius 1 is 0.667 bits per heavy atom. The molecule has 0 saturated carbocycles. The van der Waals surface area contributed by atoms with Crippen molar-refractivity contribution in [2.24, 2.45) is 0 Å². The first-order chi connectivity index (χ1) is 15.4. The molecule has 0 radical (unpaired) electrons. The van der Waals surface area contributed by atoms with E-state index in [9.17, 15) is 28.8 Å². The predicted molar refractivity (Wildman–Crippen MR) is 120 cm³/mol.